The van der Waals surface area contributed by atoms with Crippen LogP contribution in [0.4, 0.5) is 15.8 Å². The van der Waals surface area contributed by atoms with Gasteiger partial charge in [-0.1, -0.05) is 23.7 Å². The summed E-state index contributed by atoms with van der Waals surface area (Å²) in [6.45, 7) is 0.359. The zero-order chi connectivity index (χ0) is 14.8. The molecule has 1 aliphatic heterocycles. The highest BCUT2D eigenvalue weighted by atomic mass is 35.5. The molecule has 0 fully saturated rings. The summed E-state index contributed by atoms with van der Waals surface area (Å²) >= 11 is 5.76. The van der Waals surface area contributed by atoms with Crippen molar-refractivity contribution in [2.24, 2.45) is 0 Å². The van der Waals surface area contributed by atoms with Gasteiger partial charge in [-0.2, -0.15) is 0 Å². The molecular weight excluding hydrogens is 291 g/mol. The normalized spacial score (nSPS) is 13.5. The van der Waals surface area contributed by atoms with Gasteiger partial charge in [0.2, 0.25) is 5.91 Å². The lowest BCUT2D eigenvalue weighted by molar-refractivity contribution is -0.116. The first-order valence-corrected chi connectivity index (χ1v) is 7.11. The molecule has 0 atom stereocenters. The van der Waals surface area contributed by atoms with Gasteiger partial charge in [-0.05, 0) is 36.2 Å². The van der Waals surface area contributed by atoms with E-state index in [9.17, 15) is 9.18 Å². The fourth-order valence-corrected chi connectivity index (χ4v) is 2.57. The Morgan fingerprint density at radius 1 is 1.24 bits per heavy atom. The molecule has 3 nitrogen and oxygen atoms in total. The van der Waals surface area contributed by atoms with Crippen LogP contribution in [-0.4, -0.2) is 5.91 Å². The van der Waals surface area contributed by atoms with Gasteiger partial charge in [0, 0.05) is 29.9 Å². The molecule has 0 spiro atoms. The van der Waals surface area contributed by atoms with Crippen LogP contribution in [0.1, 0.15) is 17.5 Å². The Kier molecular flexibility index (Phi) is 3.80. The summed E-state index contributed by atoms with van der Waals surface area (Å²) in [4.78, 5) is 11.3. The van der Waals surface area contributed by atoms with Crippen molar-refractivity contribution < 1.29 is 9.18 Å². The average Bonchev–Trinajstić information content (AvgIpc) is 2.49. The number of rotatable bonds is 3. The molecule has 0 aromatic heterocycles. The van der Waals surface area contributed by atoms with Gasteiger partial charge < -0.3 is 10.6 Å². The highest BCUT2D eigenvalue weighted by Crippen LogP contribution is 2.26. The molecule has 108 valence electrons. The third-order valence-electron chi connectivity index (χ3n) is 3.52. The number of fused-ring (bicyclic) bond motifs is 1. The maximum absolute atomic E-state index is 13.8. The van der Waals surface area contributed by atoms with Crippen LogP contribution in [0.15, 0.2) is 36.4 Å². The molecule has 0 saturated heterocycles. The lowest BCUT2D eigenvalue weighted by atomic mass is 10.0. The quantitative estimate of drug-likeness (QED) is 0.900. The number of amides is 1. The molecule has 3 rings (SSSR count). The van der Waals surface area contributed by atoms with Gasteiger partial charge in [0.15, 0.2) is 0 Å². The second kappa shape index (κ2) is 5.74. The summed E-state index contributed by atoms with van der Waals surface area (Å²) < 4.78 is 13.8. The van der Waals surface area contributed by atoms with Crippen LogP contribution in [0.5, 0.6) is 0 Å². The Morgan fingerprint density at radius 2 is 2.10 bits per heavy atom. The monoisotopic (exact) mass is 304 g/mol. The smallest absolute Gasteiger partial charge is 0.224 e. The standard InChI is InChI=1S/C16H14ClFN2O/c17-13-3-1-2-11(16(13)18)9-19-12-5-6-14-10(8-12)4-7-15(21)20-14/h1-3,5-6,8,19H,4,7,9H2,(H,20,21). The topological polar surface area (TPSA) is 41.1 Å². The Labute approximate surface area is 127 Å². The molecule has 2 aromatic carbocycles. The molecule has 1 amide bonds. The van der Waals surface area contributed by atoms with E-state index in [0.29, 0.717) is 18.5 Å². The van der Waals surface area contributed by atoms with Gasteiger partial charge in [-0.15, -0.1) is 0 Å². The van der Waals surface area contributed by atoms with E-state index in [1.54, 1.807) is 12.1 Å². The van der Waals surface area contributed by atoms with Gasteiger partial charge in [-0.3, -0.25) is 4.79 Å². The Bertz CT molecular complexity index is 703. The molecule has 21 heavy (non-hydrogen) atoms. The van der Waals surface area contributed by atoms with E-state index in [1.165, 1.54) is 6.07 Å². The molecule has 5 heteroatoms. The second-order valence-corrected chi connectivity index (χ2v) is 5.39. The highest BCUT2D eigenvalue weighted by Gasteiger charge is 2.14. The maximum Gasteiger partial charge on any atom is 0.224 e. The summed E-state index contributed by atoms with van der Waals surface area (Å²) in [5.74, 6) is -0.346. The third-order valence-corrected chi connectivity index (χ3v) is 3.81. The maximum atomic E-state index is 13.8. The number of benzene rings is 2. The summed E-state index contributed by atoms with van der Waals surface area (Å²) in [5.41, 5.74) is 3.36. The predicted molar refractivity (Wildman–Crippen MR) is 82.1 cm³/mol. The largest absolute Gasteiger partial charge is 0.381 e. The predicted octanol–water partition coefficient (Wildman–Crippen LogP) is 3.98. The molecule has 0 aliphatic carbocycles. The van der Waals surface area contributed by atoms with Crippen molar-refractivity contribution in [2.45, 2.75) is 19.4 Å². The first-order chi connectivity index (χ1) is 10.1. The molecule has 2 N–H and O–H groups in total. The zero-order valence-electron chi connectivity index (χ0n) is 11.2. The number of aryl methyl sites for hydroxylation is 1. The lowest BCUT2D eigenvalue weighted by Crippen LogP contribution is -2.19. The molecule has 2 aromatic rings. The minimum atomic E-state index is -0.392. The summed E-state index contributed by atoms with van der Waals surface area (Å²) in [5, 5.41) is 6.14. The fourth-order valence-electron chi connectivity index (χ4n) is 2.38. The fraction of sp³-hybridized carbons (Fsp3) is 0.188. The van der Waals surface area contributed by atoms with Crippen LogP contribution >= 0.6 is 11.6 Å². The van der Waals surface area contributed by atoms with Crippen LogP contribution in [0.25, 0.3) is 0 Å². The highest BCUT2D eigenvalue weighted by molar-refractivity contribution is 6.30. The van der Waals surface area contributed by atoms with Crippen molar-refractivity contribution >= 4 is 28.9 Å². The molecule has 0 bridgehead atoms. The van der Waals surface area contributed by atoms with Crippen LogP contribution < -0.4 is 10.6 Å². The first-order valence-electron chi connectivity index (χ1n) is 6.73. The molecule has 0 saturated carbocycles. The third kappa shape index (κ3) is 3.00. The van der Waals surface area contributed by atoms with Crippen LogP contribution in [-0.2, 0) is 17.8 Å². The van der Waals surface area contributed by atoms with E-state index in [4.69, 9.17) is 11.6 Å². The van der Waals surface area contributed by atoms with Gasteiger partial charge in [-0.25, -0.2) is 4.39 Å². The van der Waals surface area contributed by atoms with Crippen molar-refractivity contribution in [2.75, 3.05) is 10.6 Å². The lowest BCUT2D eigenvalue weighted by Gasteiger charge is -2.18. The van der Waals surface area contributed by atoms with Crippen molar-refractivity contribution in [3.63, 3.8) is 0 Å². The number of nitrogens with one attached hydrogen (secondary N) is 2. The number of hydrogen-bond donors (Lipinski definition) is 2. The van der Waals surface area contributed by atoms with Crippen LogP contribution in [0.2, 0.25) is 5.02 Å². The molecule has 1 aliphatic rings. The molecule has 0 radical (unpaired) electrons. The van der Waals surface area contributed by atoms with Gasteiger partial charge >= 0.3 is 0 Å². The Balaban J connectivity index is 1.74. The minimum absolute atomic E-state index is 0.0456. The summed E-state index contributed by atoms with van der Waals surface area (Å²) in [6.07, 6.45) is 1.22. The summed E-state index contributed by atoms with van der Waals surface area (Å²) in [7, 11) is 0. The van der Waals surface area contributed by atoms with Crippen LogP contribution in [0, 0.1) is 5.82 Å². The van der Waals surface area contributed by atoms with Gasteiger partial charge in [0.05, 0.1) is 5.02 Å². The zero-order valence-corrected chi connectivity index (χ0v) is 12.0. The van der Waals surface area contributed by atoms with Crippen molar-refractivity contribution in [1.29, 1.82) is 0 Å². The molecule has 1 heterocycles. The van der Waals surface area contributed by atoms with Crippen LogP contribution in [0.3, 0.4) is 0 Å². The number of anilines is 2. The van der Waals surface area contributed by atoms with E-state index < -0.39 is 5.82 Å². The van der Waals surface area contributed by atoms with E-state index in [2.05, 4.69) is 10.6 Å². The number of halogens is 2. The molecular formula is C16H14ClFN2O. The van der Waals surface area contributed by atoms with Crippen molar-refractivity contribution in [1.82, 2.24) is 0 Å². The van der Waals surface area contributed by atoms with Crippen molar-refractivity contribution in [3.05, 3.63) is 58.4 Å². The van der Waals surface area contributed by atoms with E-state index in [0.717, 1.165) is 23.4 Å². The van der Waals surface area contributed by atoms with Gasteiger partial charge in [0.1, 0.15) is 5.82 Å². The number of carbonyl (C=O) groups is 1. The van der Waals surface area contributed by atoms with E-state index >= 15 is 0 Å². The summed E-state index contributed by atoms with van der Waals surface area (Å²) in [6, 6.07) is 10.7. The first kappa shape index (κ1) is 13.9. The van der Waals surface area contributed by atoms with E-state index in [-0.39, 0.29) is 10.9 Å². The van der Waals surface area contributed by atoms with Crippen molar-refractivity contribution in [3.8, 4) is 0 Å². The minimum Gasteiger partial charge on any atom is -0.381 e. The Morgan fingerprint density at radius 3 is 2.95 bits per heavy atom. The molecule has 0 unspecified atom stereocenters. The second-order valence-electron chi connectivity index (χ2n) is 4.99. The number of carbonyl (C=O) groups excluding carboxylic acids is 1. The number of hydrogen-bond acceptors (Lipinski definition) is 2. The van der Waals surface area contributed by atoms with E-state index in [1.807, 2.05) is 18.2 Å². The Hall–Kier alpha value is -2.07. The SMILES string of the molecule is O=C1CCc2cc(NCc3cccc(Cl)c3F)ccc2N1. The average molecular weight is 305 g/mol. The van der Waals surface area contributed by atoms with Gasteiger partial charge in [0.25, 0.3) is 0 Å².